The zero-order chi connectivity index (χ0) is 23.9. The van der Waals surface area contributed by atoms with Crippen LogP contribution in [0.5, 0.6) is 0 Å². The average Bonchev–Trinajstić information content (AvgIpc) is 2.86. The van der Waals surface area contributed by atoms with Gasteiger partial charge < -0.3 is 20.3 Å². The van der Waals surface area contributed by atoms with Crippen molar-refractivity contribution in [3.63, 3.8) is 0 Å². The van der Waals surface area contributed by atoms with Gasteiger partial charge in [-0.25, -0.2) is 9.59 Å². The minimum Gasteiger partial charge on any atom is -0.459 e. The lowest BCUT2D eigenvalue weighted by molar-refractivity contribution is 0.0165. The molecule has 0 bridgehead atoms. The van der Waals surface area contributed by atoms with Crippen LogP contribution in [0.15, 0.2) is 48.5 Å². The summed E-state index contributed by atoms with van der Waals surface area (Å²) in [5.74, 6) is 0.931. The summed E-state index contributed by atoms with van der Waals surface area (Å²) in [6.45, 7) is 4.50. The lowest BCUT2D eigenvalue weighted by atomic mass is 9.89. The molecule has 0 aliphatic heterocycles. The molecule has 0 radical (unpaired) electrons. The van der Waals surface area contributed by atoms with Crippen molar-refractivity contribution in [1.82, 2.24) is 0 Å². The first-order valence-electron chi connectivity index (χ1n) is 12.6. The fraction of sp³-hybridized carbons (Fsp3) is 0.500. The molecule has 2 aromatic rings. The fourth-order valence-electron chi connectivity index (χ4n) is 4.66. The largest absolute Gasteiger partial charge is 0.459 e. The number of rotatable bonds is 7. The van der Waals surface area contributed by atoms with Crippen LogP contribution >= 0.6 is 0 Å². The maximum atomic E-state index is 12.4. The highest BCUT2D eigenvalue weighted by atomic mass is 16.5. The standard InChI is InChI=1S/C28H36N2O4/c1-19-3-15-25(16-4-19)33-27(31)21-7-11-23(12-8-21)29-30-24-13-9-22(10-14-24)28(32)34-26-17-5-20(2)6-18-26/h7-14,19-20,25-26,29-30H,3-6,15-18H2,1-2H3. The van der Waals surface area contributed by atoms with Gasteiger partial charge in [0.15, 0.2) is 0 Å². The third-order valence-electron chi connectivity index (χ3n) is 7.07. The SMILES string of the molecule is CC1CCC(OC(=O)c2ccc(NNc3ccc(C(=O)OC4CCC(C)CC4)cc3)cc2)CC1. The zero-order valence-corrected chi connectivity index (χ0v) is 20.2. The van der Waals surface area contributed by atoms with E-state index < -0.39 is 0 Å². The van der Waals surface area contributed by atoms with E-state index in [2.05, 4.69) is 24.7 Å². The van der Waals surface area contributed by atoms with Gasteiger partial charge in [0.25, 0.3) is 0 Å². The van der Waals surface area contributed by atoms with Crippen molar-refractivity contribution < 1.29 is 19.1 Å². The molecule has 4 rings (SSSR count). The van der Waals surface area contributed by atoms with Crippen LogP contribution in [0.3, 0.4) is 0 Å². The molecule has 2 aromatic carbocycles. The number of hydrogen-bond acceptors (Lipinski definition) is 6. The van der Waals surface area contributed by atoms with E-state index >= 15 is 0 Å². The van der Waals surface area contributed by atoms with E-state index in [4.69, 9.17) is 9.47 Å². The van der Waals surface area contributed by atoms with Crippen molar-refractivity contribution in [2.24, 2.45) is 11.8 Å². The Morgan fingerprint density at radius 3 is 1.24 bits per heavy atom. The topological polar surface area (TPSA) is 76.7 Å². The third-order valence-corrected chi connectivity index (χ3v) is 7.07. The molecule has 0 heterocycles. The minimum atomic E-state index is -0.260. The number of ether oxygens (including phenoxy) is 2. The number of benzene rings is 2. The quantitative estimate of drug-likeness (QED) is 0.355. The van der Waals surface area contributed by atoms with Crippen molar-refractivity contribution >= 4 is 23.3 Å². The number of esters is 2. The first-order chi connectivity index (χ1) is 16.5. The van der Waals surface area contributed by atoms with E-state index in [0.717, 1.165) is 74.6 Å². The van der Waals surface area contributed by atoms with Gasteiger partial charge in [-0.2, -0.15) is 0 Å². The van der Waals surface area contributed by atoms with E-state index in [0.29, 0.717) is 11.1 Å². The van der Waals surface area contributed by atoms with Crippen LogP contribution in [-0.4, -0.2) is 24.1 Å². The molecule has 2 saturated carbocycles. The van der Waals surface area contributed by atoms with Gasteiger partial charge in [0.1, 0.15) is 12.2 Å². The molecule has 6 heteroatoms. The highest BCUT2D eigenvalue weighted by Gasteiger charge is 2.23. The summed E-state index contributed by atoms with van der Waals surface area (Å²) in [5, 5.41) is 0. The molecule has 0 aromatic heterocycles. The van der Waals surface area contributed by atoms with Gasteiger partial charge in [0.05, 0.1) is 22.5 Å². The molecule has 0 spiro atoms. The molecular weight excluding hydrogens is 428 g/mol. The van der Waals surface area contributed by atoms with Crippen molar-refractivity contribution in [1.29, 1.82) is 0 Å². The van der Waals surface area contributed by atoms with Gasteiger partial charge >= 0.3 is 11.9 Å². The highest BCUT2D eigenvalue weighted by Crippen LogP contribution is 2.27. The Bertz CT molecular complexity index is 862. The van der Waals surface area contributed by atoms with Crippen molar-refractivity contribution in [3.8, 4) is 0 Å². The summed E-state index contributed by atoms with van der Waals surface area (Å²) in [4.78, 5) is 24.8. The van der Waals surface area contributed by atoms with E-state index in [-0.39, 0.29) is 24.1 Å². The molecule has 182 valence electrons. The van der Waals surface area contributed by atoms with Gasteiger partial charge in [-0.15, -0.1) is 0 Å². The molecule has 2 aliphatic rings. The third kappa shape index (κ3) is 6.75. The smallest absolute Gasteiger partial charge is 0.338 e. The van der Waals surface area contributed by atoms with Crippen LogP contribution in [0.1, 0.15) is 85.9 Å². The molecule has 2 N–H and O–H groups in total. The molecular formula is C28H36N2O4. The zero-order valence-electron chi connectivity index (χ0n) is 20.2. The monoisotopic (exact) mass is 464 g/mol. The highest BCUT2D eigenvalue weighted by molar-refractivity contribution is 5.90. The van der Waals surface area contributed by atoms with Gasteiger partial charge in [-0.1, -0.05) is 13.8 Å². The second kappa shape index (κ2) is 11.4. The molecule has 0 unspecified atom stereocenters. The van der Waals surface area contributed by atoms with Crippen molar-refractivity contribution in [2.75, 3.05) is 10.9 Å². The minimum absolute atomic E-state index is 0.0368. The molecule has 0 atom stereocenters. The Labute approximate surface area is 202 Å². The predicted octanol–water partition coefficient (Wildman–Crippen LogP) is 6.60. The molecule has 0 saturated heterocycles. The first kappa shape index (κ1) is 24.1. The summed E-state index contributed by atoms with van der Waals surface area (Å²) in [6, 6.07) is 14.4. The van der Waals surface area contributed by atoms with E-state index in [1.54, 1.807) is 24.3 Å². The normalized spacial score (nSPS) is 24.6. The molecule has 6 nitrogen and oxygen atoms in total. The van der Waals surface area contributed by atoms with Crippen LogP contribution in [0.25, 0.3) is 0 Å². The van der Waals surface area contributed by atoms with Crippen LogP contribution < -0.4 is 10.9 Å². The fourth-order valence-corrected chi connectivity index (χ4v) is 4.66. The number of hydrazine groups is 1. The second-order valence-corrected chi connectivity index (χ2v) is 9.98. The van der Waals surface area contributed by atoms with Crippen LogP contribution in [-0.2, 0) is 9.47 Å². The van der Waals surface area contributed by atoms with Crippen molar-refractivity contribution in [3.05, 3.63) is 59.7 Å². The first-order valence-corrected chi connectivity index (χ1v) is 12.6. The molecule has 2 aliphatic carbocycles. The Kier molecular flexibility index (Phi) is 8.09. The molecule has 34 heavy (non-hydrogen) atoms. The summed E-state index contributed by atoms with van der Waals surface area (Å²) in [5.41, 5.74) is 8.97. The molecule has 0 amide bonds. The summed E-state index contributed by atoms with van der Waals surface area (Å²) in [7, 11) is 0. The number of anilines is 2. The Morgan fingerprint density at radius 1 is 0.588 bits per heavy atom. The number of hydrogen-bond donors (Lipinski definition) is 2. The van der Waals surface area contributed by atoms with Crippen LogP contribution in [0, 0.1) is 11.8 Å². The van der Waals surface area contributed by atoms with Gasteiger partial charge in [-0.3, -0.25) is 0 Å². The number of carbonyl (C=O) groups excluding carboxylic acids is 2. The van der Waals surface area contributed by atoms with Crippen LogP contribution in [0.2, 0.25) is 0 Å². The van der Waals surface area contributed by atoms with Gasteiger partial charge in [0.2, 0.25) is 0 Å². The Balaban J connectivity index is 1.22. The summed E-state index contributed by atoms with van der Waals surface area (Å²) >= 11 is 0. The Hall–Kier alpha value is -3.02. The number of nitrogens with one attached hydrogen (secondary N) is 2. The van der Waals surface area contributed by atoms with Gasteiger partial charge in [-0.05, 0) is 112 Å². The van der Waals surface area contributed by atoms with E-state index in [1.807, 2.05) is 24.3 Å². The Morgan fingerprint density at radius 2 is 0.912 bits per heavy atom. The maximum absolute atomic E-state index is 12.4. The predicted molar refractivity (Wildman–Crippen MR) is 134 cm³/mol. The van der Waals surface area contributed by atoms with Crippen LogP contribution in [0.4, 0.5) is 11.4 Å². The summed E-state index contributed by atoms with van der Waals surface area (Å²) in [6.07, 6.45) is 8.36. The van der Waals surface area contributed by atoms with E-state index in [9.17, 15) is 9.59 Å². The molecule has 2 fully saturated rings. The lowest BCUT2D eigenvalue weighted by Gasteiger charge is -2.26. The maximum Gasteiger partial charge on any atom is 0.338 e. The second-order valence-electron chi connectivity index (χ2n) is 9.98. The van der Waals surface area contributed by atoms with Crippen molar-refractivity contribution in [2.45, 2.75) is 77.4 Å². The van der Waals surface area contributed by atoms with Gasteiger partial charge in [0, 0.05) is 0 Å². The average molecular weight is 465 g/mol. The number of carbonyl (C=O) groups is 2. The van der Waals surface area contributed by atoms with E-state index in [1.165, 1.54) is 0 Å². The lowest BCUT2D eigenvalue weighted by Crippen LogP contribution is -2.23. The summed E-state index contributed by atoms with van der Waals surface area (Å²) < 4.78 is 11.3.